The number of carbonyl (C=O) groups is 1. The second kappa shape index (κ2) is 8.45. The van der Waals surface area contributed by atoms with Gasteiger partial charge in [-0.2, -0.15) is 5.26 Å². The highest BCUT2D eigenvalue weighted by Gasteiger charge is 2.21. The number of nitrogens with one attached hydrogen (secondary N) is 1. The third-order valence-electron chi connectivity index (χ3n) is 4.27. The molecule has 140 valence electrons. The zero-order chi connectivity index (χ0) is 19.2. The van der Waals surface area contributed by atoms with Crippen molar-refractivity contribution in [2.24, 2.45) is 5.92 Å². The number of benzene rings is 2. The molecule has 0 unspecified atom stereocenters. The predicted octanol–water partition coefficient (Wildman–Crippen LogP) is 3.22. The van der Waals surface area contributed by atoms with Crippen LogP contribution < -0.4 is 19.5 Å². The number of rotatable bonds is 6. The Morgan fingerprint density at radius 1 is 1.19 bits per heavy atom. The van der Waals surface area contributed by atoms with Gasteiger partial charge in [-0.15, -0.1) is 0 Å². The normalized spacial score (nSPS) is 13.6. The molecule has 0 fully saturated rings. The molecule has 2 aromatic rings. The molecule has 1 atom stereocenters. The Balaban J connectivity index is 1.67. The van der Waals surface area contributed by atoms with E-state index < -0.39 is 0 Å². The first-order valence-corrected chi connectivity index (χ1v) is 8.89. The van der Waals surface area contributed by atoms with Crippen molar-refractivity contribution >= 4 is 5.91 Å². The number of carbonyl (C=O) groups excluding carboxylic acids is 1. The number of hydrogen-bond donors (Lipinski definition) is 1. The van der Waals surface area contributed by atoms with E-state index in [1.54, 1.807) is 24.3 Å². The van der Waals surface area contributed by atoms with Gasteiger partial charge in [-0.05, 0) is 35.7 Å². The fourth-order valence-corrected chi connectivity index (χ4v) is 2.93. The number of para-hydroxylation sites is 1. The smallest absolute Gasteiger partial charge is 0.258 e. The summed E-state index contributed by atoms with van der Waals surface area (Å²) < 4.78 is 16.7. The zero-order valence-corrected chi connectivity index (χ0v) is 15.4. The van der Waals surface area contributed by atoms with Gasteiger partial charge in [0.05, 0.1) is 11.6 Å². The minimum Gasteiger partial charge on any atom is -0.486 e. The summed E-state index contributed by atoms with van der Waals surface area (Å²) in [7, 11) is 0. The molecule has 2 aromatic carbocycles. The molecule has 0 saturated heterocycles. The van der Waals surface area contributed by atoms with Crippen LogP contribution in [0.3, 0.4) is 0 Å². The molecule has 0 radical (unpaired) electrons. The van der Waals surface area contributed by atoms with Gasteiger partial charge in [-0.25, -0.2) is 0 Å². The Morgan fingerprint density at radius 2 is 1.93 bits per heavy atom. The summed E-state index contributed by atoms with van der Waals surface area (Å²) in [4.78, 5) is 12.4. The number of nitriles is 1. The van der Waals surface area contributed by atoms with Crippen LogP contribution in [0.4, 0.5) is 0 Å². The number of ether oxygens (including phenoxy) is 3. The van der Waals surface area contributed by atoms with Crippen LogP contribution in [-0.4, -0.2) is 25.7 Å². The second-order valence-electron chi connectivity index (χ2n) is 6.59. The highest BCUT2D eigenvalue weighted by molar-refractivity contribution is 5.78. The van der Waals surface area contributed by atoms with Crippen LogP contribution in [0.1, 0.15) is 31.0 Å². The lowest BCUT2D eigenvalue weighted by Crippen LogP contribution is -2.35. The average molecular weight is 366 g/mol. The predicted molar refractivity (Wildman–Crippen MR) is 99.8 cm³/mol. The third kappa shape index (κ3) is 4.50. The first kappa shape index (κ1) is 18.6. The molecule has 3 rings (SSSR count). The monoisotopic (exact) mass is 366 g/mol. The first-order chi connectivity index (χ1) is 13.1. The van der Waals surface area contributed by atoms with Gasteiger partial charge in [-0.3, -0.25) is 4.79 Å². The van der Waals surface area contributed by atoms with Crippen LogP contribution in [0, 0.1) is 17.2 Å². The molecule has 0 spiro atoms. The van der Waals surface area contributed by atoms with Crippen LogP contribution in [0.2, 0.25) is 0 Å². The standard InChI is InChI=1S/C21H22N2O4/c1-14(2)21(15-7-8-18-19(11-15)26-10-9-25-18)23-20(24)13-27-17-6-4-3-5-16(17)12-22/h3-8,11,14,21H,9-10,13H2,1-2H3,(H,23,24)/t21-/m1/s1. The van der Waals surface area contributed by atoms with Gasteiger partial charge in [0, 0.05) is 0 Å². The second-order valence-corrected chi connectivity index (χ2v) is 6.59. The molecular formula is C21H22N2O4. The first-order valence-electron chi connectivity index (χ1n) is 8.89. The average Bonchev–Trinajstić information content (AvgIpc) is 2.70. The van der Waals surface area contributed by atoms with E-state index in [0.717, 1.165) is 11.3 Å². The number of fused-ring (bicyclic) bond motifs is 1. The van der Waals surface area contributed by atoms with Crippen LogP contribution in [0.15, 0.2) is 42.5 Å². The SMILES string of the molecule is CC(C)[C@@H](NC(=O)COc1ccccc1C#N)c1ccc2c(c1)OCCO2. The van der Waals surface area contributed by atoms with Crippen LogP contribution in [0.5, 0.6) is 17.2 Å². The molecule has 0 bridgehead atoms. The molecule has 0 aromatic heterocycles. The zero-order valence-electron chi connectivity index (χ0n) is 15.4. The number of amides is 1. The van der Waals surface area contributed by atoms with Gasteiger partial charge < -0.3 is 19.5 Å². The quantitative estimate of drug-likeness (QED) is 0.849. The summed E-state index contributed by atoms with van der Waals surface area (Å²) in [5.41, 5.74) is 1.34. The summed E-state index contributed by atoms with van der Waals surface area (Å²) in [6.07, 6.45) is 0. The Bertz CT molecular complexity index is 858. The van der Waals surface area contributed by atoms with Crippen LogP contribution in [0.25, 0.3) is 0 Å². The van der Waals surface area contributed by atoms with Crippen molar-refractivity contribution in [1.82, 2.24) is 5.32 Å². The summed E-state index contributed by atoms with van der Waals surface area (Å²) in [6.45, 7) is 4.97. The van der Waals surface area contributed by atoms with Crippen molar-refractivity contribution < 1.29 is 19.0 Å². The van der Waals surface area contributed by atoms with E-state index in [4.69, 9.17) is 19.5 Å². The van der Waals surface area contributed by atoms with Gasteiger partial charge >= 0.3 is 0 Å². The van der Waals surface area contributed by atoms with Gasteiger partial charge in [0.15, 0.2) is 18.1 Å². The van der Waals surface area contributed by atoms with Crippen LogP contribution >= 0.6 is 0 Å². The van der Waals surface area contributed by atoms with Crippen LogP contribution in [-0.2, 0) is 4.79 Å². The fraction of sp³-hybridized carbons (Fsp3) is 0.333. The van der Waals surface area contributed by atoms with Crippen molar-refractivity contribution in [2.75, 3.05) is 19.8 Å². The van der Waals surface area contributed by atoms with Crippen molar-refractivity contribution in [3.8, 4) is 23.3 Å². The summed E-state index contributed by atoms with van der Waals surface area (Å²) >= 11 is 0. The van der Waals surface area contributed by atoms with Gasteiger partial charge in [0.1, 0.15) is 25.0 Å². The molecule has 27 heavy (non-hydrogen) atoms. The molecule has 0 aliphatic carbocycles. The van der Waals surface area contributed by atoms with E-state index in [1.165, 1.54) is 0 Å². The molecular weight excluding hydrogens is 344 g/mol. The molecule has 6 nitrogen and oxygen atoms in total. The maximum Gasteiger partial charge on any atom is 0.258 e. The lowest BCUT2D eigenvalue weighted by Gasteiger charge is -2.25. The third-order valence-corrected chi connectivity index (χ3v) is 4.27. The Labute approximate surface area is 158 Å². The highest BCUT2D eigenvalue weighted by atomic mass is 16.6. The van der Waals surface area contributed by atoms with Gasteiger partial charge in [0.25, 0.3) is 5.91 Å². The van der Waals surface area contributed by atoms with Crippen molar-refractivity contribution in [3.05, 3.63) is 53.6 Å². The van der Waals surface area contributed by atoms with Crippen molar-refractivity contribution in [1.29, 1.82) is 5.26 Å². The minimum absolute atomic E-state index is 0.160. The Kier molecular flexibility index (Phi) is 5.82. The largest absolute Gasteiger partial charge is 0.486 e. The highest BCUT2D eigenvalue weighted by Crippen LogP contribution is 2.34. The maximum absolute atomic E-state index is 12.4. The van der Waals surface area contributed by atoms with E-state index in [1.807, 2.05) is 32.0 Å². The maximum atomic E-state index is 12.4. The van der Waals surface area contributed by atoms with E-state index in [-0.39, 0.29) is 24.5 Å². The number of hydrogen-bond acceptors (Lipinski definition) is 5. The summed E-state index contributed by atoms with van der Waals surface area (Å²) in [5.74, 6) is 1.72. The van der Waals surface area contributed by atoms with Crippen molar-refractivity contribution in [2.45, 2.75) is 19.9 Å². The molecule has 1 aliphatic heterocycles. The van der Waals surface area contributed by atoms with E-state index >= 15 is 0 Å². The minimum atomic E-state index is -0.253. The van der Waals surface area contributed by atoms with E-state index in [2.05, 4.69) is 11.4 Å². The van der Waals surface area contributed by atoms with E-state index in [9.17, 15) is 4.79 Å². The molecule has 0 saturated carbocycles. The molecule has 6 heteroatoms. The van der Waals surface area contributed by atoms with E-state index in [0.29, 0.717) is 30.3 Å². The lowest BCUT2D eigenvalue weighted by atomic mass is 9.95. The van der Waals surface area contributed by atoms with Crippen molar-refractivity contribution in [3.63, 3.8) is 0 Å². The van der Waals surface area contributed by atoms with Gasteiger partial charge in [-0.1, -0.05) is 32.0 Å². The molecule has 1 N–H and O–H groups in total. The summed E-state index contributed by atoms with van der Waals surface area (Å²) in [6, 6.07) is 14.4. The Morgan fingerprint density at radius 3 is 2.67 bits per heavy atom. The topological polar surface area (TPSA) is 80.6 Å². The number of nitrogens with zero attached hydrogens (tertiary/aromatic N) is 1. The molecule has 1 heterocycles. The molecule has 1 aliphatic rings. The molecule has 1 amide bonds. The Hall–Kier alpha value is -3.20. The fourth-order valence-electron chi connectivity index (χ4n) is 2.93. The van der Waals surface area contributed by atoms with Gasteiger partial charge in [0.2, 0.25) is 0 Å². The lowest BCUT2D eigenvalue weighted by molar-refractivity contribution is -0.124. The summed E-state index contributed by atoms with van der Waals surface area (Å²) in [5, 5.41) is 12.1.